The minimum absolute atomic E-state index is 0.0179. The Morgan fingerprint density at radius 1 is 0.973 bits per heavy atom. The van der Waals surface area contributed by atoms with Crippen LogP contribution in [0.15, 0.2) is 36.4 Å². The Hall–Kier alpha value is -2.29. The van der Waals surface area contributed by atoms with Crippen molar-refractivity contribution in [3.63, 3.8) is 0 Å². The summed E-state index contributed by atoms with van der Waals surface area (Å²) in [5.74, 6) is -4.09. The molecule has 0 N–H and O–H groups in total. The molecule has 0 aromatic heterocycles. The van der Waals surface area contributed by atoms with Gasteiger partial charge in [0, 0.05) is 5.92 Å². The molecule has 0 amide bonds. The monoisotopic (exact) mass is 562 g/mol. The van der Waals surface area contributed by atoms with Crippen LogP contribution in [0.2, 0.25) is 0 Å². The van der Waals surface area contributed by atoms with Gasteiger partial charge in [-0.3, -0.25) is 4.18 Å². The number of rotatable bonds is 7. The maximum Gasteiger partial charge on any atom is 0.416 e. The average molecular weight is 562 g/mol. The van der Waals surface area contributed by atoms with Gasteiger partial charge in [-0.1, -0.05) is 6.07 Å². The highest BCUT2D eigenvalue weighted by molar-refractivity contribution is 7.85. The highest BCUT2D eigenvalue weighted by atomic mass is 32.2. The Kier molecular flexibility index (Phi) is 8.57. The zero-order valence-electron chi connectivity index (χ0n) is 19.4. The van der Waals surface area contributed by atoms with Gasteiger partial charge in [0.1, 0.15) is 0 Å². The van der Waals surface area contributed by atoms with Crippen LogP contribution in [0.1, 0.15) is 47.6 Å². The van der Waals surface area contributed by atoms with E-state index in [1.54, 1.807) is 0 Å². The van der Waals surface area contributed by atoms with Crippen LogP contribution in [0.25, 0.3) is 0 Å². The average Bonchev–Trinajstić information content (AvgIpc) is 2.77. The zero-order chi connectivity index (χ0) is 27.8. The number of benzene rings is 2. The molecule has 1 unspecified atom stereocenters. The third kappa shape index (κ3) is 7.62. The fourth-order valence-electron chi connectivity index (χ4n) is 4.01. The van der Waals surface area contributed by atoms with Gasteiger partial charge >= 0.3 is 12.4 Å². The lowest BCUT2D eigenvalue weighted by Gasteiger charge is -2.39. The molecule has 0 spiro atoms. The van der Waals surface area contributed by atoms with E-state index in [4.69, 9.17) is 13.7 Å². The first-order chi connectivity index (χ1) is 17.0. The second kappa shape index (κ2) is 10.8. The van der Waals surface area contributed by atoms with Crippen LogP contribution in [0.3, 0.4) is 0 Å². The van der Waals surface area contributed by atoms with Crippen molar-refractivity contribution in [3.05, 3.63) is 70.3 Å². The SMILES string of the molecule is CC(O[C@H]1OCC[C@@H](COS(C)(=O)=O)[C@@H]1c1ccc(F)c(F)c1)c1cc(C(F)(F)F)cc(C(F)(F)F)c1. The minimum atomic E-state index is -5.07. The van der Waals surface area contributed by atoms with Gasteiger partial charge in [-0.05, 0) is 60.7 Å². The first-order valence-corrected chi connectivity index (χ1v) is 12.6. The summed E-state index contributed by atoms with van der Waals surface area (Å²) in [6.45, 7) is 0.769. The molecule has 4 atom stereocenters. The summed E-state index contributed by atoms with van der Waals surface area (Å²) in [5.41, 5.74) is -3.41. The molecule has 2 aromatic rings. The number of alkyl halides is 6. The van der Waals surface area contributed by atoms with Gasteiger partial charge < -0.3 is 9.47 Å². The molecule has 0 radical (unpaired) electrons. The number of halogens is 8. The van der Waals surface area contributed by atoms with Crippen LogP contribution < -0.4 is 0 Å². The molecule has 3 rings (SSSR count). The molecule has 0 aliphatic carbocycles. The molecular weight excluding hydrogens is 540 g/mol. The van der Waals surface area contributed by atoms with E-state index in [-0.39, 0.29) is 24.7 Å². The molecule has 14 heteroatoms. The van der Waals surface area contributed by atoms with Crippen molar-refractivity contribution in [1.82, 2.24) is 0 Å². The van der Waals surface area contributed by atoms with E-state index < -0.39 is 81.6 Å². The summed E-state index contributed by atoms with van der Waals surface area (Å²) in [6.07, 6.45) is -11.9. The summed E-state index contributed by atoms with van der Waals surface area (Å²) < 4.78 is 146. The van der Waals surface area contributed by atoms with Crippen LogP contribution in [-0.4, -0.2) is 34.2 Å². The predicted molar refractivity (Wildman–Crippen MR) is 114 cm³/mol. The first kappa shape index (κ1) is 29.3. The first-order valence-electron chi connectivity index (χ1n) is 10.8. The van der Waals surface area contributed by atoms with E-state index in [0.29, 0.717) is 12.1 Å². The lowest BCUT2D eigenvalue weighted by molar-refractivity contribution is -0.211. The Labute approximate surface area is 207 Å². The number of hydrogen-bond donors (Lipinski definition) is 0. The van der Waals surface area contributed by atoms with Gasteiger partial charge in [-0.15, -0.1) is 0 Å². The van der Waals surface area contributed by atoms with Crippen molar-refractivity contribution < 1.29 is 57.2 Å². The molecule has 1 heterocycles. The summed E-state index contributed by atoms with van der Waals surface area (Å²) in [7, 11) is -3.89. The standard InChI is InChI=1S/C23H22F8O5S/c1-12(15-7-16(22(26,27)28)10-17(8-15)23(29,30)31)36-21-20(13-3-4-18(24)19(25)9-13)14(5-6-34-21)11-35-37(2,32)33/h3-4,7-10,12,14,20-21H,5-6,11H2,1-2H3/t12?,14-,20-,21+/m0/s1. The maximum absolute atomic E-state index is 14.0. The third-order valence-corrected chi connectivity index (χ3v) is 6.38. The van der Waals surface area contributed by atoms with E-state index >= 15 is 0 Å². The van der Waals surface area contributed by atoms with Crippen molar-refractivity contribution in [2.24, 2.45) is 5.92 Å². The van der Waals surface area contributed by atoms with Crippen LogP contribution in [0.4, 0.5) is 35.1 Å². The molecule has 1 fully saturated rings. The topological polar surface area (TPSA) is 61.8 Å². The lowest BCUT2D eigenvalue weighted by atomic mass is 9.82. The fourth-order valence-corrected chi connectivity index (χ4v) is 4.43. The van der Waals surface area contributed by atoms with Crippen molar-refractivity contribution in [1.29, 1.82) is 0 Å². The Morgan fingerprint density at radius 3 is 2.08 bits per heavy atom. The van der Waals surface area contributed by atoms with Gasteiger partial charge in [0.2, 0.25) is 0 Å². The highest BCUT2D eigenvalue weighted by Crippen LogP contribution is 2.42. The number of hydrogen-bond acceptors (Lipinski definition) is 5. The van der Waals surface area contributed by atoms with E-state index in [1.807, 2.05) is 0 Å². The van der Waals surface area contributed by atoms with E-state index in [9.17, 15) is 43.5 Å². The Morgan fingerprint density at radius 2 is 1.57 bits per heavy atom. The normalized spacial score (nSPS) is 22.2. The molecule has 37 heavy (non-hydrogen) atoms. The van der Waals surface area contributed by atoms with Gasteiger partial charge in [-0.2, -0.15) is 34.8 Å². The van der Waals surface area contributed by atoms with E-state index in [0.717, 1.165) is 18.4 Å². The van der Waals surface area contributed by atoms with Crippen LogP contribution in [0.5, 0.6) is 0 Å². The van der Waals surface area contributed by atoms with Crippen LogP contribution in [-0.2, 0) is 36.1 Å². The molecule has 5 nitrogen and oxygen atoms in total. The Balaban J connectivity index is 1.98. The zero-order valence-corrected chi connectivity index (χ0v) is 20.2. The van der Waals surface area contributed by atoms with Gasteiger partial charge in [-0.25, -0.2) is 8.78 Å². The molecule has 1 aliphatic rings. The molecule has 2 aromatic carbocycles. The fraction of sp³-hybridized carbons (Fsp3) is 0.478. The third-order valence-electron chi connectivity index (χ3n) is 5.81. The molecule has 0 bridgehead atoms. The van der Waals surface area contributed by atoms with Crippen molar-refractivity contribution in [2.45, 2.75) is 44.0 Å². The second-order valence-electron chi connectivity index (χ2n) is 8.59. The lowest BCUT2D eigenvalue weighted by Crippen LogP contribution is -2.39. The van der Waals surface area contributed by atoms with Crippen molar-refractivity contribution >= 4 is 10.1 Å². The maximum atomic E-state index is 14.0. The van der Waals surface area contributed by atoms with Crippen molar-refractivity contribution in [3.8, 4) is 0 Å². The summed E-state index contributed by atoms with van der Waals surface area (Å²) >= 11 is 0. The number of ether oxygens (including phenoxy) is 2. The van der Waals surface area contributed by atoms with Gasteiger partial charge in [0.25, 0.3) is 10.1 Å². The predicted octanol–water partition coefficient (Wildman–Crippen LogP) is 6.20. The van der Waals surface area contributed by atoms with Gasteiger partial charge in [0.05, 0.1) is 36.7 Å². The molecular formula is C23H22F8O5S. The summed E-state index contributed by atoms with van der Waals surface area (Å²) in [4.78, 5) is 0. The summed E-state index contributed by atoms with van der Waals surface area (Å²) in [5, 5.41) is 0. The second-order valence-corrected chi connectivity index (χ2v) is 10.2. The quantitative estimate of drug-likeness (QED) is 0.297. The molecule has 0 saturated carbocycles. The van der Waals surface area contributed by atoms with Crippen LogP contribution >= 0.6 is 0 Å². The minimum Gasteiger partial charge on any atom is -0.352 e. The smallest absolute Gasteiger partial charge is 0.352 e. The van der Waals surface area contributed by atoms with Gasteiger partial charge in [0.15, 0.2) is 17.9 Å². The van der Waals surface area contributed by atoms with E-state index in [2.05, 4.69) is 0 Å². The van der Waals surface area contributed by atoms with Crippen molar-refractivity contribution in [2.75, 3.05) is 19.5 Å². The van der Waals surface area contributed by atoms with Crippen LogP contribution in [0, 0.1) is 17.6 Å². The largest absolute Gasteiger partial charge is 0.416 e. The molecule has 206 valence electrons. The highest BCUT2D eigenvalue weighted by Gasteiger charge is 2.40. The van der Waals surface area contributed by atoms with E-state index in [1.165, 1.54) is 13.0 Å². The molecule has 1 aliphatic heterocycles. The summed E-state index contributed by atoms with van der Waals surface area (Å²) in [6, 6.07) is 3.85. The Bertz CT molecular complexity index is 1180. The molecule has 1 saturated heterocycles.